The van der Waals surface area contributed by atoms with E-state index >= 15 is 0 Å². The van der Waals surface area contributed by atoms with Crippen LogP contribution in [0.25, 0.3) is 0 Å². The third-order valence-electron chi connectivity index (χ3n) is 4.07. The summed E-state index contributed by atoms with van der Waals surface area (Å²) in [5, 5.41) is 12.1. The molecule has 1 aromatic rings. The van der Waals surface area contributed by atoms with Crippen molar-refractivity contribution in [2.75, 3.05) is 19.7 Å². The van der Waals surface area contributed by atoms with Gasteiger partial charge in [0.15, 0.2) is 0 Å². The lowest BCUT2D eigenvalue weighted by molar-refractivity contribution is -0.131. The molecule has 2 rings (SSSR count). The molecule has 0 aliphatic carbocycles. The molecule has 1 aromatic carbocycles. The van der Waals surface area contributed by atoms with Gasteiger partial charge in [-0.05, 0) is 30.5 Å². The summed E-state index contributed by atoms with van der Waals surface area (Å²) in [5.41, 5.74) is 0.646. The molecule has 1 aliphatic rings. The van der Waals surface area contributed by atoms with E-state index in [1.165, 1.54) is 24.3 Å². The third-order valence-corrected chi connectivity index (χ3v) is 4.07. The standard InChI is InChI=1S/C17H23FN2O3/c18-14-7-5-13(6-8-14)15(12-21)19-16(22)9-11-20-10-3-1-2-4-17(20)23/h5-8,15,21H,1-4,9-12H2,(H,19,22). The number of nitrogens with zero attached hydrogens (tertiary/aromatic N) is 1. The Morgan fingerprint density at radius 1 is 1.26 bits per heavy atom. The zero-order valence-corrected chi connectivity index (χ0v) is 13.1. The largest absolute Gasteiger partial charge is 0.394 e. The van der Waals surface area contributed by atoms with Crippen LogP contribution in [0.4, 0.5) is 4.39 Å². The minimum absolute atomic E-state index is 0.104. The van der Waals surface area contributed by atoms with Crippen LogP contribution in [0, 0.1) is 5.82 Å². The Morgan fingerprint density at radius 3 is 2.70 bits per heavy atom. The van der Waals surface area contributed by atoms with Gasteiger partial charge in [-0.25, -0.2) is 4.39 Å². The van der Waals surface area contributed by atoms with Crippen LogP contribution < -0.4 is 5.32 Å². The Balaban J connectivity index is 1.85. The number of aliphatic hydroxyl groups is 1. The number of halogens is 1. The molecular weight excluding hydrogens is 299 g/mol. The van der Waals surface area contributed by atoms with Crippen molar-refractivity contribution in [1.29, 1.82) is 0 Å². The highest BCUT2D eigenvalue weighted by atomic mass is 19.1. The van der Waals surface area contributed by atoms with Gasteiger partial charge in [0.05, 0.1) is 12.6 Å². The SMILES string of the molecule is O=C(CCN1CCCCCC1=O)NC(CO)c1ccc(F)cc1. The normalized spacial score (nSPS) is 16.8. The minimum Gasteiger partial charge on any atom is -0.394 e. The fourth-order valence-electron chi connectivity index (χ4n) is 2.71. The van der Waals surface area contributed by atoms with Crippen LogP contribution in [-0.2, 0) is 9.59 Å². The molecule has 1 fully saturated rings. The molecule has 1 saturated heterocycles. The van der Waals surface area contributed by atoms with Crippen LogP contribution in [-0.4, -0.2) is 41.5 Å². The van der Waals surface area contributed by atoms with Crippen molar-refractivity contribution in [2.45, 2.75) is 38.1 Å². The highest BCUT2D eigenvalue weighted by Crippen LogP contribution is 2.14. The molecule has 2 amide bonds. The fraction of sp³-hybridized carbons (Fsp3) is 0.529. The van der Waals surface area contributed by atoms with Gasteiger partial charge in [-0.3, -0.25) is 9.59 Å². The zero-order chi connectivity index (χ0) is 16.7. The summed E-state index contributed by atoms with van der Waals surface area (Å²) in [7, 11) is 0. The predicted octanol–water partition coefficient (Wildman–Crippen LogP) is 1.77. The van der Waals surface area contributed by atoms with Gasteiger partial charge in [0.25, 0.3) is 0 Å². The summed E-state index contributed by atoms with van der Waals surface area (Å²) in [6, 6.07) is 5.09. The van der Waals surface area contributed by atoms with E-state index in [4.69, 9.17) is 0 Å². The lowest BCUT2D eigenvalue weighted by atomic mass is 10.1. The Labute approximate surface area is 135 Å². The maximum absolute atomic E-state index is 12.9. The first-order valence-corrected chi connectivity index (χ1v) is 8.03. The van der Waals surface area contributed by atoms with Crippen LogP contribution in [0.3, 0.4) is 0 Å². The number of hydrogen-bond acceptors (Lipinski definition) is 3. The van der Waals surface area contributed by atoms with Crippen molar-refractivity contribution >= 4 is 11.8 Å². The van der Waals surface area contributed by atoms with Crippen molar-refractivity contribution in [3.8, 4) is 0 Å². The molecule has 0 bridgehead atoms. The first-order valence-electron chi connectivity index (χ1n) is 8.03. The summed E-state index contributed by atoms with van der Waals surface area (Å²) in [5.74, 6) is -0.491. The number of rotatable bonds is 6. The van der Waals surface area contributed by atoms with Crippen molar-refractivity contribution in [1.82, 2.24) is 10.2 Å². The summed E-state index contributed by atoms with van der Waals surface area (Å²) in [6.45, 7) is 0.833. The molecule has 1 heterocycles. The molecule has 23 heavy (non-hydrogen) atoms. The summed E-state index contributed by atoms with van der Waals surface area (Å²) in [4.78, 5) is 25.7. The first-order chi connectivity index (χ1) is 11.1. The van der Waals surface area contributed by atoms with Crippen molar-refractivity contribution in [3.63, 3.8) is 0 Å². The second kappa shape index (κ2) is 8.62. The Kier molecular flexibility index (Phi) is 6.52. The summed E-state index contributed by atoms with van der Waals surface area (Å²) in [6.07, 6.45) is 3.69. The van der Waals surface area contributed by atoms with Gasteiger partial charge < -0.3 is 15.3 Å². The number of likely N-dealkylation sites (tertiary alicyclic amines) is 1. The molecule has 1 atom stereocenters. The molecule has 6 heteroatoms. The average molecular weight is 322 g/mol. The first kappa shape index (κ1) is 17.4. The molecule has 2 N–H and O–H groups in total. The summed E-state index contributed by atoms with van der Waals surface area (Å²) < 4.78 is 12.9. The number of carbonyl (C=O) groups is 2. The molecule has 5 nitrogen and oxygen atoms in total. The van der Waals surface area contributed by atoms with Gasteiger partial charge in [-0.2, -0.15) is 0 Å². The number of hydrogen-bond donors (Lipinski definition) is 2. The van der Waals surface area contributed by atoms with Gasteiger partial charge in [0.2, 0.25) is 11.8 Å². The van der Waals surface area contributed by atoms with Crippen molar-refractivity contribution < 1.29 is 19.1 Å². The highest BCUT2D eigenvalue weighted by molar-refractivity contribution is 5.79. The zero-order valence-electron chi connectivity index (χ0n) is 13.1. The predicted molar refractivity (Wildman–Crippen MR) is 84.0 cm³/mol. The fourth-order valence-corrected chi connectivity index (χ4v) is 2.71. The monoisotopic (exact) mass is 322 g/mol. The van der Waals surface area contributed by atoms with Crippen LogP contribution in [0.1, 0.15) is 43.7 Å². The van der Waals surface area contributed by atoms with Gasteiger partial charge in [0, 0.05) is 25.9 Å². The topological polar surface area (TPSA) is 69.6 Å². The number of benzene rings is 1. The highest BCUT2D eigenvalue weighted by Gasteiger charge is 2.19. The van der Waals surface area contributed by atoms with E-state index < -0.39 is 6.04 Å². The Bertz CT molecular complexity index is 533. The molecule has 1 unspecified atom stereocenters. The van der Waals surface area contributed by atoms with E-state index in [0.29, 0.717) is 25.1 Å². The van der Waals surface area contributed by atoms with E-state index in [-0.39, 0.29) is 30.7 Å². The van der Waals surface area contributed by atoms with E-state index in [0.717, 1.165) is 19.3 Å². The molecule has 0 radical (unpaired) electrons. The third kappa shape index (κ3) is 5.32. The molecular formula is C17H23FN2O3. The van der Waals surface area contributed by atoms with Gasteiger partial charge >= 0.3 is 0 Å². The molecule has 1 aliphatic heterocycles. The van der Waals surface area contributed by atoms with Gasteiger partial charge in [-0.15, -0.1) is 0 Å². The summed E-state index contributed by atoms with van der Waals surface area (Å²) >= 11 is 0. The van der Waals surface area contributed by atoms with Gasteiger partial charge in [-0.1, -0.05) is 18.6 Å². The van der Waals surface area contributed by atoms with Crippen molar-refractivity contribution in [2.24, 2.45) is 0 Å². The quantitative estimate of drug-likeness (QED) is 0.838. The second-order valence-electron chi connectivity index (χ2n) is 5.80. The van der Waals surface area contributed by atoms with E-state index in [2.05, 4.69) is 5.32 Å². The van der Waals surface area contributed by atoms with Crippen molar-refractivity contribution in [3.05, 3.63) is 35.6 Å². The number of amides is 2. The molecule has 0 saturated carbocycles. The number of nitrogens with one attached hydrogen (secondary N) is 1. The molecule has 0 spiro atoms. The Hall–Kier alpha value is -1.95. The van der Waals surface area contributed by atoms with Crippen LogP contribution in [0.5, 0.6) is 0 Å². The van der Waals surface area contributed by atoms with Gasteiger partial charge in [0.1, 0.15) is 5.82 Å². The van der Waals surface area contributed by atoms with Crippen LogP contribution >= 0.6 is 0 Å². The number of aliphatic hydroxyl groups excluding tert-OH is 1. The maximum Gasteiger partial charge on any atom is 0.222 e. The number of carbonyl (C=O) groups excluding carboxylic acids is 2. The van der Waals surface area contributed by atoms with E-state index in [1.807, 2.05) is 0 Å². The second-order valence-corrected chi connectivity index (χ2v) is 5.80. The average Bonchev–Trinajstić information content (AvgIpc) is 2.76. The molecule has 0 aromatic heterocycles. The molecule has 126 valence electrons. The smallest absolute Gasteiger partial charge is 0.222 e. The van der Waals surface area contributed by atoms with E-state index in [9.17, 15) is 19.1 Å². The maximum atomic E-state index is 12.9. The van der Waals surface area contributed by atoms with Crippen LogP contribution in [0.15, 0.2) is 24.3 Å². The lowest BCUT2D eigenvalue weighted by Gasteiger charge is -2.21. The lowest BCUT2D eigenvalue weighted by Crippen LogP contribution is -2.36. The minimum atomic E-state index is -0.567. The van der Waals surface area contributed by atoms with Crippen LogP contribution in [0.2, 0.25) is 0 Å². The Morgan fingerprint density at radius 2 is 2.00 bits per heavy atom. The van der Waals surface area contributed by atoms with E-state index in [1.54, 1.807) is 4.90 Å².